The zero-order chi connectivity index (χ0) is 19.9. The van der Waals surface area contributed by atoms with Crippen LogP contribution in [-0.2, 0) is 4.79 Å². The number of benzene rings is 2. The molecule has 0 fully saturated rings. The number of hydrogen-bond donors (Lipinski definition) is 1. The van der Waals surface area contributed by atoms with Gasteiger partial charge in [0.2, 0.25) is 0 Å². The van der Waals surface area contributed by atoms with Crippen molar-refractivity contribution >= 4 is 12.0 Å². The molecular formula is C22H20N4O2. The van der Waals surface area contributed by atoms with Crippen LogP contribution in [0.3, 0.4) is 0 Å². The van der Waals surface area contributed by atoms with Crippen LogP contribution in [0.2, 0.25) is 0 Å². The lowest BCUT2D eigenvalue weighted by Crippen LogP contribution is -2.23. The molecule has 2 aromatic carbocycles. The fourth-order valence-electron chi connectivity index (χ4n) is 2.74. The van der Waals surface area contributed by atoms with E-state index in [-0.39, 0.29) is 5.57 Å². The molecule has 0 saturated heterocycles. The van der Waals surface area contributed by atoms with E-state index < -0.39 is 5.91 Å². The maximum Gasteiger partial charge on any atom is 0.261 e. The average molecular weight is 372 g/mol. The van der Waals surface area contributed by atoms with Crippen molar-refractivity contribution in [3.05, 3.63) is 71.9 Å². The Labute approximate surface area is 163 Å². The third kappa shape index (κ3) is 4.10. The van der Waals surface area contributed by atoms with Crippen molar-refractivity contribution in [3.8, 4) is 28.8 Å². The molecule has 1 N–H and O–H groups in total. The van der Waals surface area contributed by atoms with E-state index in [9.17, 15) is 10.1 Å². The Hall–Kier alpha value is -3.85. The summed E-state index contributed by atoms with van der Waals surface area (Å²) in [5.41, 5.74) is 3.12. The zero-order valence-corrected chi connectivity index (χ0v) is 15.7. The Morgan fingerprint density at radius 1 is 1.21 bits per heavy atom. The topological polar surface area (TPSA) is 79.9 Å². The van der Waals surface area contributed by atoms with Crippen molar-refractivity contribution in [1.82, 2.24) is 15.1 Å². The van der Waals surface area contributed by atoms with Gasteiger partial charge in [-0.25, -0.2) is 4.68 Å². The van der Waals surface area contributed by atoms with Crippen LogP contribution in [-0.4, -0.2) is 29.3 Å². The van der Waals surface area contributed by atoms with Crippen LogP contribution < -0.4 is 10.1 Å². The maximum absolute atomic E-state index is 12.1. The van der Waals surface area contributed by atoms with E-state index >= 15 is 0 Å². The highest BCUT2D eigenvalue weighted by Gasteiger charge is 2.14. The number of nitrogens with zero attached hydrogens (tertiary/aromatic N) is 3. The van der Waals surface area contributed by atoms with Gasteiger partial charge in [-0.05, 0) is 49.4 Å². The molecule has 0 bridgehead atoms. The Balaban J connectivity index is 2.12. The molecule has 6 heteroatoms. The van der Waals surface area contributed by atoms with Crippen LogP contribution in [0.15, 0.2) is 66.4 Å². The van der Waals surface area contributed by atoms with Crippen molar-refractivity contribution < 1.29 is 9.53 Å². The minimum atomic E-state index is -0.404. The Morgan fingerprint density at radius 2 is 1.93 bits per heavy atom. The van der Waals surface area contributed by atoms with Crippen molar-refractivity contribution in [2.45, 2.75) is 6.92 Å². The molecule has 0 unspecified atom stereocenters. The Morgan fingerprint density at radius 3 is 2.54 bits per heavy atom. The minimum absolute atomic E-state index is 0.0317. The largest absolute Gasteiger partial charge is 0.497 e. The number of para-hydroxylation sites is 1. The first-order chi connectivity index (χ1) is 13.7. The highest BCUT2D eigenvalue weighted by atomic mass is 16.5. The summed E-state index contributed by atoms with van der Waals surface area (Å²) >= 11 is 0. The summed E-state index contributed by atoms with van der Waals surface area (Å²) in [6, 6.07) is 19.1. The molecule has 3 aromatic rings. The number of amides is 1. The van der Waals surface area contributed by atoms with Crippen LogP contribution in [0.4, 0.5) is 0 Å². The van der Waals surface area contributed by atoms with Gasteiger partial charge >= 0.3 is 0 Å². The zero-order valence-electron chi connectivity index (χ0n) is 15.7. The van der Waals surface area contributed by atoms with E-state index in [1.54, 1.807) is 17.9 Å². The fourth-order valence-corrected chi connectivity index (χ4v) is 2.74. The molecule has 0 aliphatic heterocycles. The van der Waals surface area contributed by atoms with Gasteiger partial charge < -0.3 is 10.1 Å². The van der Waals surface area contributed by atoms with Gasteiger partial charge in [0, 0.05) is 23.9 Å². The molecule has 6 nitrogen and oxygen atoms in total. The summed E-state index contributed by atoms with van der Waals surface area (Å²) in [7, 11) is 1.61. The van der Waals surface area contributed by atoms with Crippen LogP contribution in [0.25, 0.3) is 23.0 Å². The number of rotatable bonds is 6. The molecule has 1 amide bonds. The lowest BCUT2D eigenvalue weighted by Gasteiger charge is -2.03. The third-order valence-corrected chi connectivity index (χ3v) is 4.13. The van der Waals surface area contributed by atoms with Crippen molar-refractivity contribution in [2.75, 3.05) is 13.7 Å². The predicted octanol–water partition coefficient (Wildman–Crippen LogP) is 3.59. The second kappa shape index (κ2) is 8.69. The van der Waals surface area contributed by atoms with E-state index in [1.165, 1.54) is 0 Å². The quantitative estimate of drug-likeness (QED) is 0.530. The number of nitriles is 1. The van der Waals surface area contributed by atoms with Crippen LogP contribution in [0.1, 0.15) is 12.5 Å². The Kier molecular flexibility index (Phi) is 5.87. The van der Waals surface area contributed by atoms with E-state index in [0.29, 0.717) is 17.8 Å². The van der Waals surface area contributed by atoms with Crippen molar-refractivity contribution in [3.63, 3.8) is 0 Å². The van der Waals surface area contributed by atoms with E-state index in [4.69, 9.17) is 4.74 Å². The SMILES string of the molecule is CCNC(=O)/C(C#N)=C/c1cn(-c2ccccc2)nc1-c1ccc(OC)cc1. The van der Waals surface area contributed by atoms with Gasteiger partial charge in [-0.3, -0.25) is 4.79 Å². The number of methoxy groups -OCH3 is 1. The smallest absolute Gasteiger partial charge is 0.261 e. The summed E-state index contributed by atoms with van der Waals surface area (Å²) in [6.07, 6.45) is 3.38. The van der Waals surface area contributed by atoms with Crippen LogP contribution in [0, 0.1) is 11.3 Å². The van der Waals surface area contributed by atoms with Gasteiger partial charge in [0.05, 0.1) is 18.5 Å². The summed E-state index contributed by atoms with van der Waals surface area (Å²) in [5.74, 6) is 0.335. The highest BCUT2D eigenvalue weighted by Crippen LogP contribution is 2.27. The summed E-state index contributed by atoms with van der Waals surface area (Å²) in [4.78, 5) is 12.1. The number of hydrogen-bond acceptors (Lipinski definition) is 4. The first-order valence-corrected chi connectivity index (χ1v) is 8.85. The lowest BCUT2D eigenvalue weighted by atomic mass is 10.1. The Bertz CT molecular complexity index is 1030. The van der Waals surface area contributed by atoms with Gasteiger partial charge in [-0.1, -0.05) is 18.2 Å². The van der Waals surface area contributed by atoms with E-state index in [0.717, 1.165) is 17.0 Å². The first-order valence-electron chi connectivity index (χ1n) is 8.85. The molecule has 0 saturated carbocycles. The molecule has 3 rings (SSSR count). The molecule has 0 aliphatic rings. The van der Waals surface area contributed by atoms with Crippen LogP contribution in [0.5, 0.6) is 5.75 Å². The normalized spacial score (nSPS) is 11.0. The van der Waals surface area contributed by atoms with Crippen LogP contribution >= 0.6 is 0 Å². The second-order valence-electron chi connectivity index (χ2n) is 5.97. The molecule has 28 heavy (non-hydrogen) atoms. The molecule has 1 heterocycles. The number of likely N-dealkylation sites (N-methyl/N-ethyl adjacent to an activating group) is 1. The standard InChI is InChI=1S/C22H20N4O2/c1-3-24-22(27)17(14-23)13-18-15-26(19-7-5-4-6-8-19)25-21(18)16-9-11-20(28-2)12-10-16/h4-13,15H,3H2,1-2H3,(H,24,27)/b17-13+. The molecule has 140 valence electrons. The maximum atomic E-state index is 12.1. The molecule has 0 aliphatic carbocycles. The average Bonchev–Trinajstić information content (AvgIpc) is 3.16. The molecular weight excluding hydrogens is 352 g/mol. The van der Waals surface area contributed by atoms with Gasteiger partial charge in [-0.2, -0.15) is 10.4 Å². The molecule has 1 aromatic heterocycles. The molecule has 0 radical (unpaired) electrons. The number of carbonyl (C=O) groups is 1. The van der Waals surface area contributed by atoms with Gasteiger partial charge in [0.25, 0.3) is 5.91 Å². The summed E-state index contributed by atoms with van der Waals surface area (Å²) < 4.78 is 6.95. The fraction of sp³-hybridized carbons (Fsp3) is 0.136. The van der Waals surface area contributed by atoms with Gasteiger partial charge in [0.15, 0.2) is 0 Å². The number of nitrogens with one attached hydrogen (secondary N) is 1. The van der Waals surface area contributed by atoms with Gasteiger partial charge in [0.1, 0.15) is 17.4 Å². The summed E-state index contributed by atoms with van der Waals surface area (Å²) in [5, 5.41) is 16.8. The van der Waals surface area contributed by atoms with Gasteiger partial charge in [-0.15, -0.1) is 0 Å². The second-order valence-corrected chi connectivity index (χ2v) is 5.97. The molecule has 0 spiro atoms. The van der Waals surface area contributed by atoms with Crippen molar-refractivity contribution in [2.24, 2.45) is 0 Å². The highest BCUT2D eigenvalue weighted by molar-refractivity contribution is 6.02. The third-order valence-electron chi connectivity index (χ3n) is 4.13. The predicted molar refractivity (Wildman–Crippen MR) is 108 cm³/mol. The first kappa shape index (κ1) is 18.9. The van der Waals surface area contributed by atoms with E-state index in [1.807, 2.05) is 73.8 Å². The molecule has 0 atom stereocenters. The minimum Gasteiger partial charge on any atom is -0.497 e. The lowest BCUT2D eigenvalue weighted by molar-refractivity contribution is -0.116. The van der Waals surface area contributed by atoms with Crippen molar-refractivity contribution in [1.29, 1.82) is 5.26 Å². The van der Waals surface area contributed by atoms with E-state index in [2.05, 4.69) is 10.4 Å². The summed E-state index contributed by atoms with van der Waals surface area (Å²) in [6.45, 7) is 2.26. The number of carbonyl (C=O) groups excluding carboxylic acids is 1. The number of ether oxygens (including phenoxy) is 1. The monoisotopic (exact) mass is 372 g/mol. The number of aromatic nitrogens is 2.